The highest BCUT2D eigenvalue weighted by Crippen LogP contribution is 2.25. The van der Waals surface area contributed by atoms with Crippen LogP contribution in [-0.2, 0) is 0 Å². The Kier molecular flexibility index (Phi) is 3.83. The Morgan fingerprint density at radius 2 is 1.74 bits per heavy atom. The molecule has 5 heteroatoms. The number of carbonyl (C=O) groups excluding carboxylic acids is 1. The van der Waals surface area contributed by atoms with Crippen molar-refractivity contribution in [1.82, 2.24) is 4.90 Å². The van der Waals surface area contributed by atoms with Crippen LogP contribution in [0.25, 0.3) is 0 Å². The van der Waals surface area contributed by atoms with Gasteiger partial charge in [-0.2, -0.15) is 0 Å². The van der Waals surface area contributed by atoms with Crippen molar-refractivity contribution in [2.24, 2.45) is 0 Å². The van der Waals surface area contributed by atoms with Gasteiger partial charge in [0.1, 0.15) is 0 Å². The first-order chi connectivity index (χ1) is 9.00. The van der Waals surface area contributed by atoms with Crippen LogP contribution < -0.4 is 0 Å². The molecule has 1 aromatic rings. The van der Waals surface area contributed by atoms with E-state index < -0.39 is 4.92 Å². The van der Waals surface area contributed by atoms with Crippen LogP contribution in [0.15, 0.2) is 24.3 Å². The first kappa shape index (κ1) is 13.5. The Morgan fingerprint density at radius 1 is 1.21 bits per heavy atom. The fraction of sp³-hybridized carbons (Fsp3) is 0.500. The lowest BCUT2D eigenvalue weighted by atomic mass is 9.96. The van der Waals surface area contributed by atoms with Crippen molar-refractivity contribution in [3.8, 4) is 0 Å². The lowest BCUT2D eigenvalue weighted by Gasteiger charge is -2.39. The summed E-state index contributed by atoms with van der Waals surface area (Å²) in [4.78, 5) is 24.5. The van der Waals surface area contributed by atoms with Gasteiger partial charge in [-0.25, -0.2) is 0 Å². The molecule has 2 atom stereocenters. The number of rotatable bonds is 2. The molecular weight excluding hydrogens is 244 g/mol. The second-order valence-corrected chi connectivity index (χ2v) is 5.15. The van der Waals surface area contributed by atoms with Crippen LogP contribution in [0.4, 0.5) is 5.69 Å². The van der Waals surface area contributed by atoms with Crippen LogP contribution in [0.3, 0.4) is 0 Å². The zero-order valence-corrected chi connectivity index (χ0v) is 11.2. The van der Waals surface area contributed by atoms with Gasteiger partial charge in [0.15, 0.2) is 0 Å². The summed E-state index contributed by atoms with van der Waals surface area (Å²) in [6.07, 6.45) is 3.18. The molecule has 0 saturated carbocycles. The predicted octanol–water partition coefficient (Wildman–Crippen LogP) is 3.00. The van der Waals surface area contributed by atoms with E-state index in [0.29, 0.717) is 5.56 Å². The van der Waals surface area contributed by atoms with Crippen LogP contribution in [0.2, 0.25) is 0 Å². The van der Waals surface area contributed by atoms with Gasteiger partial charge >= 0.3 is 0 Å². The average Bonchev–Trinajstić information content (AvgIpc) is 2.38. The van der Waals surface area contributed by atoms with Gasteiger partial charge in [-0.3, -0.25) is 14.9 Å². The van der Waals surface area contributed by atoms with E-state index in [-0.39, 0.29) is 23.7 Å². The van der Waals surface area contributed by atoms with E-state index in [4.69, 9.17) is 0 Å². The lowest BCUT2D eigenvalue weighted by Crippen LogP contribution is -2.47. The number of non-ortho nitro benzene ring substituents is 1. The number of carbonyl (C=O) groups is 1. The number of nitro groups is 1. The zero-order chi connectivity index (χ0) is 14.0. The Balaban J connectivity index is 2.20. The molecule has 102 valence electrons. The third kappa shape index (κ3) is 2.75. The van der Waals surface area contributed by atoms with E-state index in [0.717, 1.165) is 19.3 Å². The molecular formula is C14H18N2O3. The monoisotopic (exact) mass is 262 g/mol. The third-order valence-corrected chi connectivity index (χ3v) is 3.75. The summed E-state index contributed by atoms with van der Waals surface area (Å²) in [5, 5.41) is 10.6. The molecule has 0 bridgehead atoms. The number of piperidine rings is 1. The Bertz CT molecular complexity index is 474. The standard InChI is InChI=1S/C14H18N2O3/c1-10-4-3-5-11(2)15(10)14(17)12-6-8-13(9-7-12)16(18)19/h6-11H,3-5H2,1-2H3/t10-,11+. The zero-order valence-electron chi connectivity index (χ0n) is 11.2. The first-order valence-corrected chi connectivity index (χ1v) is 6.58. The highest BCUT2D eigenvalue weighted by atomic mass is 16.6. The van der Waals surface area contributed by atoms with Crippen molar-refractivity contribution in [3.05, 3.63) is 39.9 Å². The van der Waals surface area contributed by atoms with Crippen LogP contribution in [-0.4, -0.2) is 27.8 Å². The average molecular weight is 262 g/mol. The highest BCUT2D eigenvalue weighted by molar-refractivity contribution is 5.94. The van der Waals surface area contributed by atoms with Gasteiger partial charge in [0.25, 0.3) is 11.6 Å². The van der Waals surface area contributed by atoms with Crippen molar-refractivity contribution in [2.45, 2.75) is 45.2 Å². The fourth-order valence-corrected chi connectivity index (χ4v) is 2.70. The van der Waals surface area contributed by atoms with Gasteiger partial charge in [-0.1, -0.05) is 0 Å². The minimum absolute atomic E-state index is 0.0105. The normalized spacial score (nSPS) is 23.2. The number of nitro benzene ring substituents is 1. The number of hydrogen-bond donors (Lipinski definition) is 0. The van der Waals surface area contributed by atoms with E-state index in [2.05, 4.69) is 13.8 Å². The maximum Gasteiger partial charge on any atom is 0.269 e. The molecule has 0 radical (unpaired) electrons. The fourth-order valence-electron chi connectivity index (χ4n) is 2.70. The number of nitrogens with zero attached hydrogens (tertiary/aromatic N) is 2. The predicted molar refractivity (Wildman–Crippen MR) is 72.0 cm³/mol. The van der Waals surface area contributed by atoms with Crippen molar-refractivity contribution in [2.75, 3.05) is 0 Å². The number of likely N-dealkylation sites (tertiary alicyclic amines) is 1. The minimum atomic E-state index is -0.458. The first-order valence-electron chi connectivity index (χ1n) is 6.58. The summed E-state index contributed by atoms with van der Waals surface area (Å²) < 4.78 is 0. The molecule has 0 aromatic heterocycles. The van der Waals surface area contributed by atoms with Crippen LogP contribution in [0, 0.1) is 10.1 Å². The highest BCUT2D eigenvalue weighted by Gasteiger charge is 2.29. The molecule has 1 aromatic carbocycles. The molecule has 19 heavy (non-hydrogen) atoms. The Morgan fingerprint density at radius 3 is 2.21 bits per heavy atom. The topological polar surface area (TPSA) is 63.5 Å². The third-order valence-electron chi connectivity index (χ3n) is 3.75. The van der Waals surface area contributed by atoms with E-state index in [9.17, 15) is 14.9 Å². The summed E-state index contributed by atoms with van der Waals surface area (Å²) in [6, 6.07) is 6.29. The van der Waals surface area contributed by atoms with Crippen LogP contribution in [0.5, 0.6) is 0 Å². The van der Waals surface area contributed by atoms with Gasteiger partial charge in [0.05, 0.1) is 4.92 Å². The number of hydrogen-bond acceptors (Lipinski definition) is 3. The molecule has 0 N–H and O–H groups in total. The SMILES string of the molecule is C[C@@H]1CCC[C@H](C)N1C(=O)c1ccc([N+](=O)[O-])cc1. The van der Waals surface area contributed by atoms with Crippen molar-refractivity contribution in [3.63, 3.8) is 0 Å². The quantitative estimate of drug-likeness (QED) is 0.608. The summed E-state index contributed by atoms with van der Waals surface area (Å²) in [5.41, 5.74) is 0.530. The lowest BCUT2D eigenvalue weighted by molar-refractivity contribution is -0.384. The smallest absolute Gasteiger partial charge is 0.269 e. The van der Waals surface area contributed by atoms with E-state index in [1.54, 1.807) is 0 Å². The molecule has 1 aliphatic heterocycles. The summed E-state index contributed by atoms with van der Waals surface area (Å²) in [7, 11) is 0. The molecule has 0 aliphatic carbocycles. The van der Waals surface area contributed by atoms with Crippen LogP contribution in [0.1, 0.15) is 43.5 Å². The van der Waals surface area contributed by atoms with E-state index in [1.165, 1.54) is 24.3 Å². The largest absolute Gasteiger partial charge is 0.333 e. The Hall–Kier alpha value is -1.91. The number of benzene rings is 1. The number of amides is 1. The van der Waals surface area contributed by atoms with Gasteiger partial charge < -0.3 is 4.90 Å². The second-order valence-electron chi connectivity index (χ2n) is 5.15. The van der Waals surface area contributed by atoms with Crippen molar-refractivity contribution >= 4 is 11.6 Å². The summed E-state index contributed by atoms with van der Waals surface area (Å²) >= 11 is 0. The molecule has 5 nitrogen and oxygen atoms in total. The van der Waals surface area contributed by atoms with Crippen LogP contribution >= 0.6 is 0 Å². The molecule has 0 spiro atoms. The van der Waals surface area contributed by atoms with Crippen molar-refractivity contribution in [1.29, 1.82) is 0 Å². The Labute approximate surface area is 112 Å². The maximum absolute atomic E-state index is 12.5. The van der Waals surface area contributed by atoms with Gasteiger partial charge in [-0.05, 0) is 45.2 Å². The maximum atomic E-state index is 12.5. The summed E-state index contributed by atoms with van der Waals surface area (Å²) in [5.74, 6) is -0.0328. The van der Waals surface area contributed by atoms with E-state index in [1.807, 2.05) is 4.90 Å². The molecule has 0 unspecified atom stereocenters. The molecule has 1 heterocycles. The second kappa shape index (κ2) is 5.38. The molecule has 1 saturated heterocycles. The van der Waals surface area contributed by atoms with Gasteiger partial charge in [-0.15, -0.1) is 0 Å². The molecule has 2 rings (SSSR count). The molecule has 1 amide bonds. The molecule has 1 fully saturated rings. The van der Waals surface area contributed by atoms with Crippen molar-refractivity contribution < 1.29 is 9.72 Å². The summed E-state index contributed by atoms with van der Waals surface area (Å²) in [6.45, 7) is 4.11. The van der Waals surface area contributed by atoms with Gasteiger partial charge in [0.2, 0.25) is 0 Å². The molecule has 1 aliphatic rings. The minimum Gasteiger partial charge on any atom is -0.333 e. The van der Waals surface area contributed by atoms with E-state index >= 15 is 0 Å². The van der Waals surface area contributed by atoms with Gasteiger partial charge in [0, 0.05) is 29.8 Å².